The van der Waals surface area contributed by atoms with Gasteiger partial charge < -0.3 is 0 Å². The smallest absolute Gasteiger partial charge is 0.0619 e. The lowest BCUT2D eigenvalue weighted by molar-refractivity contribution is 0.915. The van der Waals surface area contributed by atoms with Crippen molar-refractivity contribution in [2.45, 2.75) is 0 Å². The van der Waals surface area contributed by atoms with E-state index in [1.54, 1.807) is 11.1 Å². The van der Waals surface area contributed by atoms with E-state index < -0.39 is 23.2 Å². The molecule has 0 saturated heterocycles. The second kappa shape index (κ2) is 4.41. The van der Waals surface area contributed by atoms with E-state index in [0.717, 1.165) is 5.30 Å². The normalized spacial score (nSPS) is 14.0. The second-order valence-corrected chi connectivity index (χ2v) is 8.26. The maximum absolute atomic E-state index is 13.1. The minimum Gasteiger partial charge on any atom is -0.0619 e. The van der Waals surface area contributed by atoms with Gasteiger partial charge in [0.1, 0.15) is 0 Å². The van der Waals surface area contributed by atoms with Crippen LogP contribution in [0.4, 0.5) is 8.39 Å². The molecule has 0 nitrogen and oxygen atoms in total. The third-order valence-corrected chi connectivity index (χ3v) is 8.16. The van der Waals surface area contributed by atoms with E-state index in [2.05, 4.69) is 0 Å². The summed E-state index contributed by atoms with van der Waals surface area (Å²) in [6.45, 7) is 0. The Labute approximate surface area is 84.3 Å². The summed E-state index contributed by atoms with van der Waals surface area (Å²) >= 11 is 0. The molecule has 0 amide bonds. The summed E-state index contributed by atoms with van der Waals surface area (Å²) in [6, 6.07) is 9.56. The standard InChI is InChI=1S/C9H8F2P3/c10-13-6-12(7-14(11)8-13)9-4-2-1-3-5-9/h1-8H/q+3. The first kappa shape index (κ1) is 10.1. The van der Waals surface area contributed by atoms with Crippen LogP contribution in [0.25, 0.3) is 5.30 Å². The van der Waals surface area contributed by atoms with Crippen LogP contribution in [0, 0.1) is 0 Å². The van der Waals surface area contributed by atoms with Gasteiger partial charge in [0.2, 0.25) is 0 Å². The highest BCUT2D eigenvalue weighted by atomic mass is 31.2. The van der Waals surface area contributed by atoms with Crippen LogP contribution in [0.15, 0.2) is 46.9 Å². The lowest BCUT2D eigenvalue weighted by Gasteiger charge is -1.82. The van der Waals surface area contributed by atoms with E-state index in [-0.39, 0.29) is 0 Å². The Morgan fingerprint density at radius 2 is 1.36 bits per heavy atom. The fourth-order valence-electron chi connectivity index (χ4n) is 1.17. The van der Waals surface area contributed by atoms with E-state index in [4.69, 9.17) is 0 Å². The Morgan fingerprint density at radius 1 is 0.786 bits per heavy atom. The molecule has 1 aromatic carbocycles. The maximum Gasteiger partial charge on any atom is 0.440 e. The Balaban J connectivity index is 2.52. The average molecular weight is 247 g/mol. The highest BCUT2D eigenvalue weighted by Crippen LogP contribution is 2.53. The highest BCUT2D eigenvalue weighted by molar-refractivity contribution is 7.74. The fraction of sp³-hybridized carbons (Fsp3) is 0. The van der Waals surface area contributed by atoms with E-state index in [0.29, 0.717) is 0 Å². The first-order valence-corrected chi connectivity index (χ1v) is 8.24. The monoisotopic (exact) mass is 247 g/mol. The number of benzene rings is 1. The van der Waals surface area contributed by atoms with Crippen LogP contribution in [0.5, 0.6) is 0 Å². The molecule has 0 spiro atoms. The van der Waals surface area contributed by atoms with Crippen LogP contribution in [0.3, 0.4) is 0 Å². The van der Waals surface area contributed by atoms with Crippen molar-refractivity contribution in [2.24, 2.45) is 0 Å². The molecule has 0 radical (unpaired) electrons. The van der Waals surface area contributed by atoms with E-state index in [1.807, 2.05) is 30.3 Å². The zero-order valence-corrected chi connectivity index (χ0v) is 9.90. The van der Waals surface area contributed by atoms with E-state index in [9.17, 15) is 8.39 Å². The molecule has 2 rings (SSSR count). The molecule has 0 saturated carbocycles. The molecule has 14 heavy (non-hydrogen) atoms. The summed E-state index contributed by atoms with van der Waals surface area (Å²) < 4.78 is 26.2. The summed E-state index contributed by atoms with van der Waals surface area (Å²) in [5.74, 6) is 0. The summed E-state index contributed by atoms with van der Waals surface area (Å²) in [5.41, 5.74) is 4.50. The van der Waals surface area contributed by atoms with Gasteiger partial charge in [0.05, 0.1) is 0 Å². The highest BCUT2D eigenvalue weighted by Gasteiger charge is 2.29. The van der Waals surface area contributed by atoms with Crippen molar-refractivity contribution in [3.63, 3.8) is 0 Å². The van der Waals surface area contributed by atoms with Crippen molar-refractivity contribution < 1.29 is 8.39 Å². The van der Waals surface area contributed by atoms with Gasteiger partial charge in [-0.25, -0.2) is 0 Å². The van der Waals surface area contributed by atoms with Crippen LogP contribution in [-0.4, -0.2) is 0 Å². The van der Waals surface area contributed by atoms with Gasteiger partial charge in [-0.15, -0.1) is 0 Å². The van der Waals surface area contributed by atoms with Gasteiger partial charge in [-0.1, -0.05) is 18.2 Å². The predicted octanol–water partition coefficient (Wildman–Crippen LogP) is 5.94. The van der Waals surface area contributed by atoms with Gasteiger partial charge in [-0.05, 0) is 12.1 Å². The van der Waals surface area contributed by atoms with Gasteiger partial charge in [0, 0.05) is 8.39 Å². The number of hydrogen-bond donors (Lipinski definition) is 0. The summed E-state index contributed by atoms with van der Waals surface area (Å²) in [5, 5.41) is 1.03. The van der Waals surface area contributed by atoms with E-state index in [1.165, 1.54) is 5.53 Å². The molecular weight excluding hydrogens is 239 g/mol. The van der Waals surface area contributed by atoms with Gasteiger partial charge in [-0.2, -0.15) is 0 Å². The predicted molar refractivity (Wildman–Crippen MR) is 62.1 cm³/mol. The first-order chi connectivity index (χ1) is 6.75. The van der Waals surface area contributed by atoms with Crippen molar-refractivity contribution in [3.05, 3.63) is 46.9 Å². The van der Waals surface area contributed by atoms with Crippen LogP contribution >= 0.6 is 23.2 Å². The lowest BCUT2D eigenvalue weighted by Crippen LogP contribution is -1.62. The maximum atomic E-state index is 13.1. The molecule has 0 fully saturated rings. The molecule has 2 unspecified atom stereocenters. The van der Waals surface area contributed by atoms with Crippen molar-refractivity contribution in [1.29, 1.82) is 0 Å². The van der Waals surface area contributed by atoms with Crippen LogP contribution in [0.1, 0.15) is 0 Å². The van der Waals surface area contributed by atoms with Gasteiger partial charge in [0.15, 0.2) is 5.30 Å². The van der Waals surface area contributed by atoms with Crippen molar-refractivity contribution >= 4 is 23.2 Å². The van der Waals surface area contributed by atoms with Crippen LogP contribution in [0.2, 0.25) is 0 Å². The van der Waals surface area contributed by atoms with Crippen LogP contribution < -0.4 is 0 Å². The number of halogens is 2. The Hall–Kier alpha value is -0.410. The largest absolute Gasteiger partial charge is 0.440 e. The molecule has 0 aliphatic carbocycles. The minimum absolute atomic E-state index is 0.819. The topological polar surface area (TPSA) is 0 Å². The Bertz CT molecular complexity index is 425. The molecule has 2 aromatic rings. The molecule has 70 valence electrons. The fourth-order valence-corrected chi connectivity index (χ4v) is 7.82. The lowest BCUT2D eigenvalue weighted by atomic mass is 10.4. The van der Waals surface area contributed by atoms with Gasteiger partial charge in [0.25, 0.3) is 7.53 Å². The average Bonchev–Trinajstić information content (AvgIpc) is 2.18. The summed E-state index contributed by atoms with van der Waals surface area (Å²) in [4.78, 5) is 0. The summed E-state index contributed by atoms with van der Waals surface area (Å²) in [7, 11) is -4.40. The quantitative estimate of drug-likeness (QED) is 0.584. The zero-order valence-electron chi connectivity index (χ0n) is 7.22. The van der Waals surface area contributed by atoms with Crippen molar-refractivity contribution in [2.75, 3.05) is 0 Å². The molecule has 0 bridgehead atoms. The molecule has 2 atom stereocenters. The Kier molecular flexibility index (Phi) is 3.19. The first-order valence-electron chi connectivity index (χ1n) is 4.02. The summed E-state index contributed by atoms with van der Waals surface area (Å²) in [6.07, 6.45) is 0. The van der Waals surface area contributed by atoms with Gasteiger partial charge >= 0.3 is 32.3 Å². The molecule has 1 heterocycles. The van der Waals surface area contributed by atoms with E-state index >= 15 is 0 Å². The zero-order chi connectivity index (χ0) is 9.97. The SMILES string of the molecule is F[p+]1c[p+](F)c[p+](-c2ccccc2)c1. The molecular formula is C9H8F2P3+3. The molecule has 1 aromatic heterocycles. The van der Waals surface area contributed by atoms with Crippen LogP contribution in [-0.2, 0) is 0 Å². The minimum atomic E-state index is -1.79. The van der Waals surface area contributed by atoms with Crippen molar-refractivity contribution in [3.8, 4) is 5.30 Å². The third kappa shape index (κ3) is 2.34. The molecule has 0 aliphatic heterocycles. The van der Waals surface area contributed by atoms with Crippen molar-refractivity contribution in [1.82, 2.24) is 0 Å². The Morgan fingerprint density at radius 3 is 1.93 bits per heavy atom. The van der Waals surface area contributed by atoms with Gasteiger partial charge in [-0.3, -0.25) is 0 Å². The number of hydrogen-bond acceptors (Lipinski definition) is 0. The third-order valence-electron chi connectivity index (χ3n) is 1.74. The molecule has 0 aliphatic rings. The second-order valence-electron chi connectivity index (χ2n) is 2.78. The number of rotatable bonds is 1. The molecule has 0 N–H and O–H groups in total. The molecule has 5 heteroatoms.